The lowest BCUT2D eigenvalue weighted by Crippen LogP contribution is -2.42. The van der Waals surface area contributed by atoms with Gasteiger partial charge in [0.2, 0.25) is 10.0 Å². The van der Waals surface area contributed by atoms with Gasteiger partial charge in [-0.3, -0.25) is 0 Å². The minimum Gasteiger partial charge on any atom is -0.334 e. The van der Waals surface area contributed by atoms with Crippen molar-refractivity contribution in [3.8, 4) is 0 Å². The van der Waals surface area contributed by atoms with E-state index < -0.39 is 10.0 Å². The zero-order valence-electron chi connectivity index (χ0n) is 18.8. The lowest BCUT2D eigenvalue weighted by Gasteiger charge is -2.30. The van der Waals surface area contributed by atoms with E-state index in [1.807, 2.05) is 49.1 Å². The van der Waals surface area contributed by atoms with Crippen LogP contribution in [0.4, 0.5) is 4.79 Å². The van der Waals surface area contributed by atoms with Gasteiger partial charge in [0.15, 0.2) is 0 Å². The van der Waals surface area contributed by atoms with Crippen LogP contribution >= 0.6 is 0 Å². The fourth-order valence-electron chi connectivity index (χ4n) is 3.41. The third-order valence-corrected chi connectivity index (χ3v) is 7.98. The molecule has 0 spiro atoms. The highest BCUT2D eigenvalue weighted by atomic mass is 32.2. The Hall–Kier alpha value is -2.38. The highest BCUT2D eigenvalue weighted by Gasteiger charge is 2.30. The number of hydrogen-bond acceptors (Lipinski definition) is 3. The van der Waals surface area contributed by atoms with Crippen LogP contribution in [0, 0.1) is 5.92 Å². The van der Waals surface area contributed by atoms with Gasteiger partial charge in [0.05, 0.1) is 10.9 Å². The number of benzene rings is 2. The summed E-state index contributed by atoms with van der Waals surface area (Å²) < 4.78 is 26.6. The molecule has 2 amide bonds. The van der Waals surface area contributed by atoms with Crippen molar-refractivity contribution in [2.24, 2.45) is 5.92 Å². The Bertz CT molecular complexity index is 971. The van der Waals surface area contributed by atoms with Gasteiger partial charge in [0, 0.05) is 26.2 Å². The molecule has 1 N–H and O–H groups in total. The molecule has 0 bridgehead atoms. The molecule has 3 rings (SSSR count). The minimum atomic E-state index is -3.51. The molecule has 2 aromatic carbocycles. The molecular weight excluding hydrogens is 410 g/mol. The molecule has 1 aliphatic rings. The van der Waals surface area contributed by atoms with Gasteiger partial charge in [-0.1, -0.05) is 42.5 Å². The van der Waals surface area contributed by atoms with Gasteiger partial charge >= 0.3 is 6.03 Å². The average molecular weight is 444 g/mol. The van der Waals surface area contributed by atoms with Crippen LogP contribution in [-0.2, 0) is 16.6 Å². The van der Waals surface area contributed by atoms with Crippen molar-refractivity contribution in [3.63, 3.8) is 0 Å². The van der Waals surface area contributed by atoms with E-state index in [0.717, 1.165) is 17.7 Å². The Balaban J connectivity index is 1.65. The predicted octanol–water partition coefficient (Wildman–Crippen LogP) is 4.40. The maximum Gasteiger partial charge on any atom is 0.318 e. The molecule has 6 nitrogen and oxygen atoms in total. The first-order chi connectivity index (χ1) is 14.7. The number of hydrogen-bond donors (Lipinski definition) is 1. The van der Waals surface area contributed by atoms with Gasteiger partial charge in [0.1, 0.15) is 0 Å². The molecule has 1 unspecified atom stereocenters. The number of rotatable bonds is 9. The highest BCUT2D eigenvalue weighted by molar-refractivity contribution is 7.89. The van der Waals surface area contributed by atoms with Crippen LogP contribution in [0.15, 0.2) is 59.5 Å². The van der Waals surface area contributed by atoms with Gasteiger partial charge in [0.25, 0.3) is 0 Å². The summed E-state index contributed by atoms with van der Waals surface area (Å²) in [5, 5.41) is 3.01. The van der Waals surface area contributed by atoms with Crippen molar-refractivity contribution < 1.29 is 13.2 Å². The van der Waals surface area contributed by atoms with Gasteiger partial charge in [-0.05, 0) is 62.8 Å². The van der Waals surface area contributed by atoms with Crippen LogP contribution in [-0.4, -0.2) is 43.3 Å². The first kappa shape index (κ1) is 23.3. The van der Waals surface area contributed by atoms with Gasteiger partial charge in [-0.2, -0.15) is 4.31 Å². The zero-order chi connectivity index (χ0) is 22.6. The Morgan fingerprint density at radius 2 is 1.65 bits per heavy atom. The second kappa shape index (κ2) is 9.83. The Morgan fingerprint density at radius 3 is 2.19 bits per heavy atom. The molecule has 0 aromatic heterocycles. The van der Waals surface area contributed by atoms with E-state index in [2.05, 4.69) is 12.2 Å². The van der Waals surface area contributed by atoms with Crippen LogP contribution in [0.1, 0.15) is 50.8 Å². The Morgan fingerprint density at radius 1 is 1.03 bits per heavy atom. The highest BCUT2D eigenvalue weighted by Crippen LogP contribution is 2.32. The van der Waals surface area contributed by atoms with Gasteiger partial charge < -0.3 is 10.2 Å². The number of amides is 2. The van der Waals surface area contributed by atoms with Crippen LogP contribution in [0.25, 0.3) is 0 Å². The van der Waals surface area contributed by atoms with Crippen LogP contribution in [0.2, 0.25) is 0 Å². The van der Waals surface area contributed by atoms with E-state index in [0.29, 0.717) is 12.5 Å². The van der Waals surface area contributed by atoms with Crippen molar-refractivity contribution in [2.75, 3.05) is 13.6 Å². The quantitative estimate of drug-likeness (QED) is 0.625. The van der Waals surface area contributed by atoms with E-state index in [9.17, 15) is 13.2 Å². The average Bonchev–Trinajstić information content (AvgIpc) is 3.60. The van der Waals surface area contributed by atoms with E-state index in [4.69, 9.17) is 0 Å². The number of nitrogens with one attached hydrogen (secondary N) is 1. The van der Waals surface area contributed by atoms with Crippen molar-refractivity contribution in [1.82, 2.24) is 14.5 Å². The number of carbonyl (C=O) groups excluding carboxylic acids is 1. The number of carbonyl (C=O) groups is 1. The summed E-state index contributed by atoms with van der Waals surface area (Å²) in [6.07, 6.45) is 2.35. The summed E-state index contributed by atoms with van der Waals surface area (Å²) in [7, 11) is -1.93. The van der Waals surface area contributed by atoms with Gasteiger partial charge in [-0.15, -0.1) is 0 Å². The normalized spacial score (nSPS) is 15.2. The Kier molecular flexibility index (Phi) is 7.38. The molecule has 1 saturated carbocycles. The molecule has 0 saturated heterocycles. The van der Waals surface area contributed by atoms with Crippen molar-refractivity contribution in [3.05, 3.63) is 65.7 Å². The van der Waals surface area contributed by atoms with Crippen molar-refractivity contribution in [2.45, 2.75) is 57.1 Å². The summed E-state index contributed by atoms with van der Waals surface area (Å²) in [5.41, 5.74) is 1.97. The van der Waals surface area contributed by atoms with Crippen molar-refractivity contribution >= 4 is 16.1 Å². The second-order valence-corrected chi connectivity index (χ2v) is 10.6. The molecule has 0 heterocycles. The maximum absolute atomic E-state index is 13.0. The molecule has 0 radical (unpaired) electrons. The topological polar surface area (TPSA) is 69.7 Å². The third kappa shape index (κ3) is 5.86. The third-order valence-electron chi connectivity index (χ3n) is 5.93. The fourth-order valence-corrected chi connectivity index (χ4v) is 4.78. The zero-order valence-corrected chi connectivity index (χ0v) is 19.6. The number of urea groups is 1. The predicted molar refractivity (Wildman–Crippen MR) is 123 cm³/mol. The van der Waals surface area contributed by atoms with E-state index in [-0.39, 0.29) is 23.0 Å². The molecule has 1 aliphatic carbocycles. The number of nitrogens with zero attached hydrogens (tertiary/aromatic N) is 2. The van der Waals surface area contributed by atoms with E-state index in [1.54, 1.807) is 31.3 Å². The molecule has 1 fully saturated rings. The molecule has 7 heteroatoms. The summed E-state index contributed by atoms with van der Waals surface area (Å²) in [5.74, 6) is 0.583. The summed E-state index contributed by atoms with van der Waals surface area (Å²) in [4.78, 5) is 15.2. The van der Waals surface area contributed by atoms with Crippen molar-refractivity contribution in [1.29, 1.82) is 0 Å². The van der Waals surface area contributed by atoms with E-state index >= 15 is 0 Å². The molecule has 0 aliphatic heterocycles. The second-order valence-electron chi connectivity index (χ2n) is 8.60. The number of sulfonamides is 1. The summed E-state index contributed by atoms with van der Waals surface area (Å²) in [6.45, 7) is 6.83. The largest absolute Gasteiger partial charge is 0.334 e. The molecule has 168 valence electrons. The lowest BCUT2D eigenvalue weighted by atomic mass is 10.1. The van der Waals surface area contributed by atoms with E-state index in [1.165, 1.54) is 17.1 Å². The summed E-state index contributed by atoms with van der Waals surface area (Å²) in [6, 6.07) is 16.5. The molecule has 2 aromatic rings. The van der Waals surface area contributed by atoms with Crippen LogP contribution in [0.3, 0.4) is 0 Å². The molecule has 31 heavy (non-hydrogen) atoms. The molecular formula is C24H33N3O3S. The Labute approximate surface area is 186 Å². The smallest absolute Gasteiger partial charge is 0.318 e. The monoisotopic (exact) mass is 443 g/mol. The fraction of sp³-hybridized carbons (Fsp3) is 0.458. The van der Waals surface area contributed by atoms with Crippen LogP contribution < -0.4 is 5.32 Å². The van der Waals surface area contributed by atoms with Gasteiger partial charge in [-0.25, -0.2) is 13.2 Å². The molecule has 1 atom stereocenters. The minimum absolute atomic E-state index is 0.0131. The SMILES string of the molecule is CC(c1ccccc1)N(CC1CC1)C(=O)NCc1ccc(S(=O)(=O)N(C)C(C)C)cc1. The first-order valence-electron chi connectivity index (χ1n) is 10.9. The van der Waals surface area contributed by atoms with Crippen LogP contribution in [0.5, 0.6) is 0 Å². The maximum atomic E-state index is 13.0. The first-order valence-corrected chi connectivity index (χ1v) is 12.3. The lowest BCUT2D eigenvalue weighted by molar-refractivity contribution is 0.175. The standard InChI is InChI=1S/C24H33N3O3S/c1-18(2)26(4)31(29,30)23-14-12-20(13-15-23)16-25-24(28)27(17-21-10-11-21)19(3)22-8-6-5-7-9-22/h5-9,12-15,18-19,21H,10-11,16-17H2,1-4H3,(H,25,28). The summed E-state index contributed by atoms with van der Waals surface area (Å²) >= 11 is 0.